The van der Waals surface area contributed by atoms with Crippen molar-refractivity contribution in [1.82, 2.24) is 9.88 Å². The van der Waals surface area contributed by atoms with Crippen LogP contribution in [0.4, 0.5) is 0 Å². The molecule has 2 rings (SSSR count). The molecule has 0 saturated carbocycles. The monoisotopic (exact) mass is 250 g/mol. The third-order valence-corrected chi connectivity index (χ3v) is 2.38. The number of hydrogen-bond acceptors (Lipinski definition) is 5. The first kappa shape index (κ1) is 12.4. The number of aromatic nitrogens is 1. The quantitative estimate of drug-likeness (QED) is 0.865. The van der Waals surface area contributed by atoms with E-state index in [9.17, 15) is 4.79 Å². The number of rotatable bonds is 5. The molecule has 0 atom stereocenters. The molecule has 0 saturated heterocycles. The maximum atomic E-state index is 10.8. The SMILES string of the molecule is CN(C)CCOc1nc2ccc(C(=O)O)cc2o1. The van der Waals surface area contributed by atoms with Crippen LogP contribution in [0, 0.1) is 0 Å². The molecule has 0 aliphatic heterocycles. The lowest BCUT2D eigenvalue weighted by molar-refractivity contribution is 0.0697. The molecular weight excluding hydrogens is 236 g/mol. The lowest BCUT2D eigenvalue weighted by Crippen LogP contribution is -2.19. The topological polar surface area (TPSA) is 75.8 Å². The highest BCUT2D eigenvalue weighted by Crippen LogP contribution is 2.21. The zero-order chi connectivity index (χ0) is 13.1. The summed E-state index contributed by atoms with van der Waals surface area (Å²) in [4.78, 5) is 16.9. The molecule has 1 N–H and O–H groups in total. The Kier molecular flexibility index (Phi) is 3.47. The van der Waals surface area contributed by atoms with E-state index in [0.717, 1.165) is 6.54 Å². The van der Waals surface area contributed by atoms with Crippen LogP contribution in [0.1, 0.15) is 10.4 Å². The van der Waals surface area contributed by atoms with Crippen LogP contribution in [0.25, 0.3) is 11.1 Å². The molecule has 0 amide bonds. The van der Waals surface area contributed by atoms with Gasteiger partial charge < -0.3 is 19.2 Å². The second kappa shape index (κ2) is 5.05. The van der Waals surface area contributed by atoms with Crippen molar-refractivity contribution in [3.05, 3.63) is 23.8 Å². The summed E-state index contributed by atoms with van der Waals surface area (Å²) in [7, 11) is 3.88. The highest BCUT2D eigenvalue weighted by Gasteiger charge is 2.10. The van der Waals surface area contributed by atoms with Crippen molar-refractivity contribution in [2.75, 3.05) is 27.2 Å². The first-order valence-electron chi connectivity index (χ1n) is 5.47. The number of fused-ring (bicyclic) bond motifs is 1. The molecular formula is C12H14N2O4. The predicted octanol–water partition coefficient (Wildman–Crippen LogP) is 1.47. The Labute approximate surface area is 104 Å². The highest BCUT2D eigenvalue weighted by atomic mass is 16.6. The second-order valence-corrected chi connectivity index (χ2v) is 4.12. The molecule has 1 aromatic heterocycles. The van der Waals surface area contributed by atoms with Crippen LogP contribution >= 0.6 is 0 Å². The van der Waals surface area contributed by atoms with E-state index in [4.69, 9.17) is 14.3 Å². The van der Waals surface area contributed by atoms with Crippen molar-refractivity contribution in [2.24, 2.45) is 0 Å². The molecule has 0 spiro atoms. The predicted molar refractivity (Wildman–Crippen MR) is 65.0 cm³/mol. The second-order valence-electron chi connectivity index (χ2n) is 4.12. The minimum Gasteiger partial charge on any atom is -0.478 e. The van der Waals surface area contributed by atoms with Gasteiger partial charge in [0.1, 0.15) is 12.1 Å². The van der Waals surface area contributed by atoms with Crippen LogP contribution in [0.15, 0.2) is 22.6 Å². The molecule has 6 heteroatoms. The van der Waals surface area contributed by atoms with Crippen molar-refractivity contribution in [3.63, 3.8) is 0 Å². The van der Waals surface area contributed by atoms with E-state index < -0.39 is 5.97 Å². The molecule has 0 aliphatic carbocycles. The normalized spacial score (nSPS) is 11.1. The third kappa shape index (κ3) is 2.78. The van der Waals surface area contributed by atoms with E-state index in [1.54, 1.807) is 6.07 Å². The Balaban J connectivity index is 2.14. The van der Waals surface area contributed by atoms with Gasteiger partial charge in [0.25, 0.3) is 0 Å². The minimum atomic E-state index is -0.997. The van der Waals surface area contributed by atoms with Crippen molar-refractivity contribution in [3.8, 4) is 6.08 Å². The number of carbonyl (C=O) groups is 1. The van der Waals surface area contributed by atoms with Gasteiger partial charge in [-0.3, -0.25) is 0 Å². The van der Waals surface area contributed by atoms with Crippen LogP contribution in [0.3, 0.4) is 0 Å². The van der Waals surface area contributed by atoms with Gasteiger partial charge in [0.15, 0.2) is 5.58 Å². The molecule has 96 valence electrons. The summed E-state index contributed by atoms with van der Waals surface area (Å²) >= 11 is 0. The number of hydrogen-bond donors (Lipinski definition) is 1. The van der Waals surface area contributed by atoms with Gasteiger partial charge in [0.2, 0.25) is 0 Å². The Morgan fingerprint density at radius 2 is 2.28 bits per heavy atom. The number of carboxylic acid groups (broad SMARTS) is 1. The fraction of sp³-hybridized carbons (Fsp3) is 0.333. The van der Waals surface area contributed by atoms with Crippen LogP contribution in [0.5, 0.6) is 6.08 Å². The van der Waals surface area contributed by atoms with Crippen molar-refractivity contribution >= 4 is 17.1 Å². The Morgan fingerprint density at radius 3 is 2.94 bits per heavy atom. The third-order valence-electron chi connectivity index (χ3n) is 2.38. The summed E-state index contributed by atoms with van der Waals surface area (Å²) < 4.78 is 10.7. The summed E-state index contributed by atoms with van der Waals surface area (Å²) in [5, 5.41) is 8.85. The van der Waals surface area contributed by atoms with Crippen molar-refractivity contribution < 1.29 is 19.1 Å². The Bertz CT molecular complexity index is 562. The first-order chi connectivity index (χ1) is 8.56. The maximum absolute atomic E-state index is 10.8. The maximum Gasteiger partial charge on any atom is 0.394 e. The molecule has 0 bridgehead atoms. The van der Waals surface area contributed by atoms with Gasteiger partial charge in [-0.05, 0) is 32.3 Å². The number of nitrogens with zero attached hydrogens (tertiary/aromatic N) is 2. The number of ether oxygens (including phenoxy) is 1. The zero-order valence-electron chi connectivity index (χ0n) is 10.2. The number of likely N-dealkylation sites (N-methyl/N-ethyl adjacent to an activating group) is 1. The Morgan fingerprint density at radius 1 is 1.50 bits per heavy atom. The number of carboxylic acids is 1. The molecule has 1 aromatic carbocycles. The van der Waals surface area contributed by atoms with Gasteiger partial charge in [-0.25, -0.2) is 4.79 Å². The van der Waals surface area contributed by atoms with Gasteiger partial charge in [-0.2, -0.15) is 4.98 Å². The highest BCUT2D eigenvalue weighted by molar-refractivity contribution is 5.91. The van der Waals surface area contributed by atoms with Gasteiger partial charge in [-0.15, -0.1) is 0 Å². The van der Waals surface area contributed by atoms with Crippen LogP contribution < -0.4 is 4.74 Å². The lowest BCUT2D eigenvalue weighted by atomic mass is 10.2. The zero-order valence-corrected chi connectivity index (χ0v) is 10.2. The number of benzene rings is 1. The first-order valence-corrected chi connectivity index (χ1v) is 5.47. The number of oxazole rings is 1. The molecule has 0 radical (unpaired) electrons. The molecule has 0 unspecified atom stereocenters. The fourth-order valence-electron chi connectivity index (χ4n) is 1.41. The molecule has 6 nitrogen and oxygen atoms in total. The Hall–Kier alpha value is -2.08. The minimum absolute atomic E-state index is 0.161. The van der Waals surface area contributed by atoms with Gasteiger partial charge in [0, 0.05) is 6.54 Å². The summed E-state index contributed by atoms with van der Waals surface area (Å²) in [6.07, 6.45) is 0.161. The fourth-order valence-corrected chi connectivity index (χ4v) is 1.41. The molecule has 18 heavy (non-hydrogen) atoms. The molecule has 2 aromatic rings. The molecule has 0 fully saturated rings. The van der Waals surface area contributed by atoms with Crippen molar-refractivity contribution in [1.29, 1.82) is 0 Å². The van der Waals surface area contributed by atoms with Gasteiger partial charge in [-0.1, -0.05) is 0 Å². The smallest absolute Gasteiger partial charge is 0.394 e. The summed E-state index contributed by atoms with van der Waals surface area (Å²) in [6.45, 7) is 1.21. The van der Waals surface area contributed by atoms with E-state index in [1.165, 1.54) is 12.1 Å². The van der Waals surface area contributed by atoms with E-state index in [2.05, 4.69) is 4.98 Å². The standard InChI is InChI=1S/C12H14N2O4/c1-14(2)5-6-17-12-13-9-4-3-8(11(15)16)7-10(9)18-12/h3-4,7H,5-6H2,1-2H3,(H,15,16). The van der Waals surface area contributed by atoms with E-state index in [-0.39, 0.29) is 11.6 Å². The van der Waals surface area contributed by atoms with Gasteiger partial charge in [0.05, 0.1) is 5.56 Å². The van der Waals surface area contributed by atoms with Crippen LogP contribution in [-0.2, 0) is 0 Å². The van der Waals surface area contributed by atoms with Crippen LogP contribution in [0.2, 0.25) is 0 Å². The number of aromatic carboxylic acids is 1. The summed E-state index contributed by atoms with van der Waals surface area (Å²) in [6, 6.07) is 4.52. The van der Waals surface area contributed by atoms with Crippen LogP contribution in [-0.4, -0.2) is 48.2 Å². The average molecular weight is 250 g/mol. The molecule has 0 aliphatic rings. The largest absolute Gasteiger partial charge is 0.478 e. The van der Waals surface area contributed by atoms with E-state index >= 15 is 0 Å². The van der Waals surface area contributed by atoms with Crippen molar-refractivity contribution in [2.45, 2.75) is 0 Å². The van der Waals surface area contributed by atoms with E-state index in [0.29, 0.717) is 17.7 Å². The summed E-state index contributed by atoms with van der Waals surface area (Å²) in [5.41, 5.74) is 1.16. The van der Waals surface area contributed by atoms with E-state index in [1.807, 2.05) is 19.0 Å². The molecule has 1 heterocycles. The van der Waals surface area contributed by atoms with Gasteiger partial charge >= 0.3 is 12.0 Å². The summed E-state index contributed by atoms with van der Waals surface area (Å²) in [5.74, 6) is -0.997. The lowest BCUT2D eigenvalue weighted by Gasteiger charge is -2.07. The average Bonchev–Trinajstić information content (AvgIpc) is 2.69.